The largest absolute Gasteiger partial charge is 0.378 e. The molecule has 1 fully saturated rings. The summed E-state index contributed by atoms with van der Waals surface area (Å²) in [7, 11) is -3.60. The number of aryl methyl sites for hydroxylation is 1. The minimum Gasteiger partial charge on any atom is -0.378 e. The Balaban J connectivity index is 1.30. The zero-order chi connectivity index (χ0) is 21.0. The molecule has 1 N–H and O–H groups in total. The smallest absolute Gasteiger partial charge is 0.276 e. The number of hydrogen-bond acceptors (Lipinski definition) is 6. The summed E-state index contributed by atoms with van der Waals surface area (Å²) in [6, 6.07) is 12.7. The van der Waals surface area contributed by atoms with Crippen LogP contribution in [0, 0.1) is 0 Å². The second-order valence-corrected chi connectivity index (χ2v) is 8.80. The van der Waals surface area contributed by atoms with Crippen molar-refractivity contribution in [3.63, 3.8) is 0 Å². The van der Waals surface area contributed by atoms with Gasteiger partial charge in [0.2, 0.25) is 10.0 Å². The van der Waals surface area contributed by atoms with E-state index in [2.05, 4.69) is 15.0 Å². The Morgan fingerprint density at radius 2 is 1.87 bits per heavy atom. The molecule has 0 radical (unpaired) electrons. The molecule has 3 aromatic rings. The average molecular weight is 430 g/mol. The maximum Gasteiger partial charge on any atom is 0.276 e. The number of nitrogens with zero attached hydrogens (tertiary/aromatic N) is 4. The molecule has 10 heteroatoms. The maximum atomic E-state index is 12.5. The van der Waals surface area contributed by atoms with Crippen LogP contribution in [0.4, 0.5) is 0 Å². The third kappa shape index (κ3) is 4.66. The summed E-state index contributed by atoms with van der Waals surface area (Å²) in [5.74, 6) is -0.165. The minimum absolute atomic E-state index is 0.165. The van der Waals surface area contributed by atoms with Crippen molar-refractivity contribution in [3.05, 3.63) is 54.4 Å². The van der Waals surface area contributed by atoms with Gasteiger partial charge in [-0.15, -0.1) is 5.10 Å². The van der Waals surface area contributed by atoms with Gasteiger partial charge in [0.25, 0.3) is 5.91 Å². The summed E-state index contributed by atoms with van der Waals surface area (Å²) in [6.45, 7) is 2.84. The standard InChI is InChI=1S/C20H23N5O4S/c26-20(24-10-12-29-13-11-24)19-15-25(23-22-19)9-3-8-21-30(27,28)18-7-6-16-4-1-2-5-17(16)14-18/h1-2,4-7,14-15,21H,3,8-13H2. The van der Waals surface area contributed by atoms with Gasteiger partial charge >= 0.3 is 0 Å². The Morgan fingerprint density at radius 1 is 1.10 bits per heavy atom. The highest BCUT2D eigenvalue weighted by atomic mass is 32.2. The van der Waals surface area contributed by atoms with Gasteiger partial charge in [0, 0.05) is 26.2 Å². The summed E-state index contributed by atoms with van der Waals surface area (Å²) < 4.78 is 34.5. The number of fused-ring (bicyclic) bond motifs is 1. The number of amides is 1. The Hall–Kier alpha value is -2.82. The summed E-state index contributed by atoms with van der Waals surface area (Å²) in [4.78, 5) is 14.3. The van der Waals surface area contributed by atoms with Crippen LogP contribution in [0.3, 0.4) is 0 Å². The van der Waals surface area contributed by atoms with Crippen molar-refractivity contribution in [2.75, 3.05) is 32.8 Å². The molecule has 2 aromatic carbocycles. The molecule has 30 heavy (non-hydrogen) atoms. The fourth-order valence-electron chi connectivity index (χ4n) is 3.30. The predicted molar refractivity (Wildman–Crippen MR) is 110 cm³/mol. The molecule has 0 bridgehead atoms. The highest BCUT2D eigenvalue weighted by Gasteiger charge is 2.21. The minimum atomic E-state index is -3.60. The van der Waals surface area contributed by atoms with E-state index in [0.29, 0.717) is 39.3 Å². The van der Waals surface area contributed by atoms with Crippen LogP contribution >= 0.6 is 0 Å². The van der Waals surface area contributed by atoms with Crippen LogP contribution in [0.1, 0.15) is 16.9 Å². The van der Waals surface area contributed by atoms with Crippen LogP contribution in [-0.2, 0) is 21.3 Å². The quantitative estimate of drug-likeness (QED) is 0.567. The van der Waals surface area contributed by atoms with E-state index in [9.17, 15) is 13.2 Å². The van der Waals surface area contributed by atoms with Crippen LogP contribution in [-0.4, -0.2) is 67.1 Å². The van der Waals surface area contributed by atoms with Crippen molar-refractivity contribution >= 4 is 26.7 Å². The van der Waals surface area contributed by atoms with Gasteiger partial charge in [-0.25, -0.2) is 13.1 Å². The molecule has 158 valence electrons. The first-order valence-electron chi connectivity index (χ1n) is 9.78. The molecule has 9 nitrogen and oxygen atoms in total. The number of rotatable bonds is 7. The molecular formula is C20H23N5O4S. The molecule has 0 spiro atoms. The van der Waals surface area contributed by atoms with Crippen molar-refractivity contribution in [3.8, 4) is 0 Å². The van der Waals surface area contributed by atoms with Crippen molar-refractivity contribution in [2.24, 2.45) is 0 Å². The van der Waals surface area contributed by atoms with Crippen LogP contribution in [0.2, 0.25) is 0 Å². The number of nitrogens with one attached hydrogen (secondary N) is 1. The number of morpholine rings is 1. The summed E-state index contributed by atoms with van der Waals surface area (Å²) in [5.41, 5.74) is 0.286. The highest BCUT2D eigenvalue weighted by Crippen LogP contribution is 2.18. The molecule has 1 aromatic heterocycles. The van der Waals surface area contributed by atoms with Gasteiger partial charge in [0.1, 0.15) is 0 Å². The number of aromatic nitrogens is 3. The van der Waals surface area contributed by atoms with Crippen LogP contribution in [0.25, 0.3) is 10.8 Å². The molecule has 0 saturated carbocycles. The third-order valence-electron chi connectivity index (χ3n) is 4.94. The number of ether oxygens (including phenoxy) is 1. The third-order valence-corrected chi connectivity index (χ3v) is 6.40. The van der Waals surface area contributed by atoms with Gasteiger partial charge in [-0.2, -0.15) is 0 Å². The van der Waals surface area contributed by atoms with E-state index < -0.39 is 10.0 Å². The number of carbonyl (C=O) groups is 1. The van der Waals surface area contributed by atoms with Gasteiger partial charge in [-0.1, -0.05) is 35.5 Å². The Morgan fingerprint density at radius 3 is 2.67 bits per heavy atom. The molecule has 0 aliphatic carbocycles. The summed E-state index contributed by atoms with van der Waals surface area (Å²) in [5, 5.41) is 9.77. The van der Waals surface area contributed by atoms with Crippen LogP contribution in [0.5, 0.6) is 0 Å². The first kappa shape index (κ1) is 20.5. The molecule has 1 aliphatic heterocycles. The number of benzene rings is 2. The van der Waals surface area contributed by atoms with E-state index in [1.54, 1.807) is 34.0 Å². The average Bonchev–Trinajstić information content (AvgIpc) is 3.25. The highest BCUT2D eigenvalue weighted by molar-refractivity contribution is 7.89. The first-order chi connectivity index (χ1) is 14.5. The van der Waals surface area contributed by atoms with E-state index >= 15 is 0 Å². The van der Waals surface area contributed by atoms with Gasteiger partial charge < -0.3 is 9.64 Å². The van der Waals surface area contributed by atoms with E-state index in [1.807, 2.05) is 24.3 Å². The zero-order valence-electron chi connectivity index (χ0n) is 16.4. The lowest BCUT2D eigenvalue weighted by molar-refractivity contribution is 0.0299. The van der Waals surface area contributed by atoms with Crippen LogP contribution in [0.15, 0.2) is 53.6 Å². The van der Waals surface area contributed by atoms with E-state index in [1.165, 1.54) is 0 Å². The Bertz CT molecular complexity index is 1140. The van der Waals surface area contributed by atoms with Gasteiger partial charge in [0.05, 0.1) is 24.3 Å². The molecule has 0 unspecified atom stereocenters. The number of sulfonamides is 1. The molecule has 2 heterocycles. The van der Waals surface area contributed by atoms with E-state index in [-0.39, 0.29) is 23.0 Å². The molecular weight excluding hydrogens is 406 g/mol. The monoisotopic (exact) mass is 429 g/mol. The first-order valence-corrected chi connectivity index (χ1v) is 11.3. The van der Waals surface area contributed by atoms with Crippen molar-refractivity contribution in [1.29, 1.82) is 0 Å². The topological polar surface area (TPSA) is 106 Å². The fourth-order valence-corrected chi connectivity index (χ4v) is 4.41. The summed E-state index contributed by atoms with van der Waals surface area (Å²) in [6.07, 6.45) is 2.11. The lowest BCUT2D eigenvalue weighted by atomic mass is 10.1. The lowest BCUT2D eigenvalue weighted by Gasteiger charge is -2.25. The summed E-state index contributed by atoms with van der Waals surface area (Å²) >= 11 is 0. The molecule has 4 rings (SSSR count). The fraction of sp³-hybridized carbons (Fsp3) is 0.350. The van der Waals surface area contributed by atoms with E-state index in [4.69, 9.17) is 4.74 Å². The van der Waals surface area contributed by atoms with Gasteiger partial charge in [0.15, 0.2) is 5.69 Å². The molecule has 1 saturated heterocycles. The van der Waals surface area contributed by atoms with Gasteiger partial charge in [-0.05, 0) is 29.3 Å². The predicted octanol–water partition coefficient (Wildman–Crippen LogP) is 1.27. The zero-order valence-corrected chi connectivity index (χ0v) is 17.2. The number of hydrogen-bond donors (Lipinski definition) is 1. The van der Waals surface area contributed by atoms with Crippen molar-refractivity contribution in [2.45, 2.75) is 17.9 Å². The second-order valence-electron chi connectivity index (χ2n) is 7.03. The maximum absolute atomic E-state index is 12.5. The van der Waals surface area contributed by atoms with Crippen molar-refractivity contribution in [1.82, 2.24) is 24.6 Å². The second kappa shape index (κ2) is 8.90. The molecule has 0 atom stereocenters. The number of carbonyl (C=O) groups excluding carboxylic acids is 1. The Kier molecular flexibility index (Phi) is 6.07. The normalized spacial score (nSPS) is 14.9. The molecule has 1 aliphatic rings. The van der Waals surface area contributed by atoms with Crippen molar-refractivity contribution < 1.29 is 17.9 Å². The lowest BCUT2D eigenvalue weighted by Crippen LogP contribution is -2.40. The van der Waals surface area contributed by atoms with Crippen LogP contribution < -0.4 is 4.72 Å². The van der Waals surface area contributed by atoms with E-state index in [0.717, 1.165) is 10.8 Å². The van der Waals surface area contributed by atoms with Gasteiger partial charge in [-0.3, -0.25) is 9.48 Å². The molecule has 1 amide bonds. The Labute approximate surface area is 174 Å². The SMILES string of the molecule is O=C(c1cn(CCCNS(=O)(=O)c2ccc3ccccc3c2)nn1)N1CCOCC1.